The Kier molecular flexibility index (Phi) is 30.6. The summed E-state index contributed by atoms with van der Waals surface area (Å²) in [5, 5.41) is 317. The molecule has 0 bridgehead atoms. The molecule has 584 valence electrons. The zero-order chi connectivity index (χ0) is 73.8. The Labute approximate surface area is 563 Å². The Hall–Kier alpha value is -2.13. The number of aliphatic hydroxyl groups is 29. The van der Waals surface area contributed by atoms with Crippen LogP contribution in [0.3, 0.4) is 0 Å². The van der Waals surface area contributed by atoms with E-state index in [1.165, 1.54) is 0 Å². The lowest BCUT2D eigenvalue weighted by Gasteiger charge is -2.51. The molecule has 46 heteroatoms. The molecule has 8 aliphatic rings. The van der Waals surface area contributed by atoms with Gasteiger partial charge < -0.3 is 229 Å². The molecule has 0 saturated carbocycles. The molecule has 8 rings (SSSR count). The van der Waals surface area contributed by atoms with Gasteiger partial charge in [0.1, 0.15) is 220 Å². The van der Waals surface area contributed by atoms with E-state index < -0.39 is 330 Å². The van der Waals surface area contributed by atoms with Crippen LogP contribution in [0.15, 0.2) is 0 Å². The van der Waals surface area contributed by atoms with Crippen LogP contribution >= 0.6 is 0 Å². The molecule has 8 saturated heterocycles. The van der Waals surface area contributed by atoms with Crippen molar-refractivity contribution in [1.29, 1.82) is 0 Å². The van der Waals surface area contributed by atoms with Crippen LogP contribution in [0.25, 0.3) is 0 Å². The summed E-state index contributed by atoms with van der Waals surface area (Å²) in [4.78, 5) is 14.5. The molecular weight excluding hydrogens is 1380 g/mol. The van der Waals surface area contributed by atoms with Gasteiger partial charge in [-0.15, -0.1) is 0 Å². The summed E-state index contributed by atoms with van der Waals surface area (Å²) in [5.41, 5.74) is 0. The lowest BCUT2D eigenvalue weighted by molar-refractivity contribution is -0.414. The highest BCUT2D eigenvalue weighted by atomic mass is 16.8. The van der Waals surface area contributed by atoms with Crippen molar-refractivity contribution in [3.05, 3.63) is 0 Å². The summed E-state index contributed by atoms with van der Waals surface area (Å²) in [5.74, 6) is 0. The highest BCUT2D eigenvalue weighted by molar-refractivity contribution is 5.57. The molecule has 44 unspecified atom stereocenters. The molecule has 8 fully saturated rings. The zero-order valence-electron chi connectivity index (χ0n) is 52.3. The highest BCUT2D eigenvalue weighted by Crippen LogP contribution is 2.40. The molecule has 0 radical (unpaired) electrons. The van der Waals surface area contributed by atoms with Gasteiger partial charge in [-0.2, -0.15) is 0 Å². The molecule has 29 N–H and O–H groups in total. The number of hydrogen-bond acceptors (Lipinski definition) is 46. The quantitative estimate of drug-likeness (QED) is 0.0309. The second-order valence-corrected chi connectivity index (χ2v) is 24.9. The van der Waals surface area contributed by atoms with Crippen LogP contribution in [0.4, 0.5) is 0 Å². The Morgan fingerprint density at radius 1 is 0.250 bits per heavy atom. The first-order chi connectivity index (χ1) is 47.4. The first-order valence-electron chi connectivity index (χ1n) is 31.5. The van der Waals surface area contributed by atoms with Crippen LogP contribution in [0.5, 0.6) is 0 Å². The van der Waals surface area contributed by atoms with E-state index >= 15 is 0 Å². The minimum atomic E-state index is -2.92. The number of aliphatic hydroxyl groups excluding tert-OH is 29. The lowest BCUT2D eigenvalue weighted by atomic mass is 9.94. The normalized spacial score (nSPS) is 50.3. The number of hydrogen-bond donors (Lipinski definition) is 29. The molecule has 46 nitrogen and oxygen atoms in total. The first-order valence-corrected chi connectivity index (χ1v) is 31.5. The van der Waals surface area contributed by atoms with Crippen LogP contribution in [-0.2, 0) is 80.6 Å². The van der Waals surface area contributed by atoms with E-state index in [9.17, 15) is 153 Å². The van der Waals surface area contributed by atoms with Crippen LogP contribution in [0.1, 0.15) is 0 Å². The van der Waals surface area contributed by atoms with Crippen molar-refractivity contribution in [3.8, 4) is 0 Å². The molecule has 0 aliphatic carbocycles. The Bertz CT molecular complexity index is 2430. The van der Waals surface area contributed by atoms with Crippen LogP contribution in [0.2, 0.25) is 0 Å². The maximum absolute atomic E-state index is 14.5. The van der Waals surface area contributed by atoms with Gasteiger partial charge in [0.15, 0.2) is 56.6 Å². The fraction of sp³-hybridized carbons (Fsp3) is 0.981. The van der Waals surface area contributed by atoms with Gasteiger partial charge in [0.25, 0.3) is 0 Å². The molecule has 0 aromatic heterocycles. The van der Waals surface area contributed by atoms with Crippen molar-refractivity contribution >= 4 is 6.29 Å². The third-order valence-electron chi connectivity index (χ3n) is 18.3. The summed E-state index contributed by atoms with van der Waals surface area (Å²) in [6.45, 7) is -11.2. The van der Waals surface area contributed by atoms with Crippen LogP contribution < -0.4 is 0 Å². The van der Waals surface area contributed by atoms with Crippen molar-refractivity contribution < 1.29 is 229 Å². The van der Waals surface area contributed by atoms with Gasteiger partial charge in [-0.3, -0.25) is 0 Å². The van der Waals surface area contributed by atoms with Gasteiger partial charge in [-0.05, 0) is 0 Å². The first kappa shape index (κ1) is 83.5. The maximum Gasteiger partial charge on any atom is 0.188 e. The third kappa shape index (κ3) is 17.7. The van der Waals surface area contributed by atoms with Gasteiger partial charge in [-0.25, -0.2) is 0 Å². The minimum Gasteiger partial charge on any atom is -0.394 e. The number of ether oxygens (including phenoxy) is 16. The molecule has 0 aromatic carbocycles. The van der Waals surface area contributed by atoms with Crippen LogP contribution in [-0.4, -0.2) is 484 Å². The summed E-state index contributed by atoms with van der Waals surface area (Å²) >= 11 is 0. The summed E-state index contributed by atoms with van der Waals surface area (Å²) in [7, 11) is 0. The lowest BCUT2D eigenvalue weighted by Crippen LogP contribution is -2.69. The van der Waals surface area contributed by atoms with E-state index in [4.69, 9.17) is 75.8 Å². The topological polar surface area (TPSA) is 751 Å². The van der Waals surface area contributed by atoms with E-state index in [1.807, 2.05) is 0 Å². The van der Waals surface area contributed by atoms with E-state index in [0.717, 1.165) is 0 Å². The van der Waals surface area contributed by atoms with E-state index in [-0.39, 0.29) is 6.29 Å². The van der Waals surface area contributed by atoms with E-state index in [1.54, 1.807) is 0 Å². The smallest absolute Gasteiger partial charge is 0.188 e. The zero-order valence-corrected chi connectivity index (χ0v) is 52.3. The van der Waals surface area contributed by atoms with Gasteiger partial charge in [-0.1, -0.05) is 0 Å². The predicted molar refractivity (Wildman–Crippen MR) is 298 cm³/mol. The SMILES string of the molecule is O=CC(OC1OC(CO)C(OC2OC(CO)C(O)C(O)C2O)C(OC2OC(CO)C(O)C(O)C2O)C1OC1OC(CO)C(O)C(O)C1O)C(OC1OC(CO)C(O)C(O)C1O)C(OC1OC(CO)C(O)C(O)C1O)C(COC1OC(CO)C(O)C(O)C1O)OC1OC(CO)C(O)C(O)C1O. The Morgan fingerprint density at radius 3 is 0.820 bits per heavy atom. The molecular formula is C54H92O46. The van der Waals surface area contributed by atoms with Crippen molar-refractivity contribution in [3.63, 3.8) is 0 Å². The van der Waals surface area contributed by atoms with E-state index in [0.29, 0.717) is 0 Å². The van der Waals surface area contributed by atoms with Crippen molar-refractivity contribution in [1.82, 2.24) is 0 Å². The van der Waals surface area contributed by atoms with Gasteiger partial charge in [0, 0.05) is 0 Å². The Morgan fingerprint density at radius 2 is 0.500 bits per heavy atom. The molecule has 44 atom stereocenters. The minimum absolute atomic E-state index is 0.312. The van der Waals surface area contributed by atoms with Crippen molar-refractivity contribution in [2.75, 3.05) is 59.5 Å². The number of aldehydes is 1. The van der Waals surface area contributed by atoms with Crippen LogP contribution in [0, 0.1) is 0 Å². The molecule has 8 heterocycles. The summed E-state index contributed by atoms with van der Waals surface area (Å²) in [6.07, 6.45) is -104. The molecule has 0 aromatic rings. The second kappa shape index (κ2) is 36.6. The average molecular weight is 1480 g/mol. The molecule has 8 aliphatic heterocycles. The van der Waals surface area contributed by atoms with E-state index in [2.05, 4.69) is 0 Å². The third-order valence-corrected chi connectivity index (χ3v) is 18.3. The molecule has 0 amide bonds. The molecule has 100 heavy (non-hydrogen) atoms. The number of rotatable bonds is 29. The highest BCUT2D eigenvalue weighted by Gasteiger charge is 2.61. The fourth-order valence-corrected chi connectivity index (χ4v) is 12.3. The Balaban J connectivity index is 1.35. The second-order valence-electron chi connectivity index (χ2n) is 24.9. The summed E-state index contributed by atoms with van der Waals surface area (Å²) in [6, 6.07) is 0. The number of carbonyl (C=O) groups excluding carboxylic acids is 1. The fourth-order valence-electron chi connectivity index (χ4n) is 12.3. The van der Waals surface area contributed by atoms with Crippen molar-refractivity contribution in [2.45, 2.75) is 270 Å². The number of carbonyl (C=O) groups is 1. The van der Waals surface area contributed by atoms with Gasteiger partial charge >= 0.3 is 0 Å². The standard InChI is InChI=1S/C54H92O46/c55-1-11-21(64)28(71)35(78)47(86-11)85-10-20(95-48-36(79)29(72)22(65)12(2-56)87-48)44(98-51-39(82)32(75)25(68)15(5-59)90-51)42(96-49-37(80)30(73)23(66)13(3-57)88-49)18(8-62)93-54-46(100-53-41(84)34(77)27(70)17(7-61)92-53)45(99-52-40(83)33(76)26(69)16(6-60)91-52)43(19(9-63)94-54)97-50-38(81)31(74)24(67)14(4-58)89-50/h8,11-61,63-84H,1-7,9-10H2. The monoisotopic (exact) mass is 1480 g/mol. The predicted octanol–water partition coefficient (Wildman–Crippen LogP) is -20.8. The van der Waals surface area contributed by atoms with Gasteiger partial charge in [0.05, 0.1) is 59.5 Å². The molecule has 0 spiro atoms. The maximum atomic E-state index is 14.5. The van der Waals surface area contributed by atoms with Crippen molar-refractivity contribution in [2.24, 2.45) is 0 Å². The average Bonchev–Trinajstić information content (AvgIpc) is 0.758. The van der Waals surface area contributed by atoms with Gasteiger partial charge in [0.2, 0.25) is 0 Å². The largest absolute Gasteiger partial charge is 0.394 e. The summed E-state index contributed by atoms with van der Waals surface area (Å²) < 4.78 is 94.9.